The summed E-state index contributed by atoms with van der Waals surface area (Å²) in [5.41, 5.74) is 1.24. The van der Waals surface area contributed by atoms with Crippen molar-refractivity contribution in [1.82, 2.24) is 19.7 Å². The SMILES string of the molecule is C=CCn1c(COc2ccc(CC)cc2)nnc1SCC(=O)N(CC)[C@H]1CCS(=O)(=O)C1. The van der Waals surface area contributed by atoms with E-state index < -0.39 is 9.84 Å². The van der Waals surface area contributed by atoms with Gasteiger partial charge in [-0.2, -0.15) is 0 Å². The first-order chi connectivity index (χ1) is 15.4. The van der Waals surface area contributed by atoms with Gasteiger partial charge in [0, 0.05) is 19.1 Å². The molecule has 1 aromatic heterocycles. The fourth-order valence-corrected chi connectivity index (χ4v) is 6.27. The summed E-state index contributed by atoms with van der Waals surface area (Å²) in [7, 11) is -3.05. The van der Waals surface area contributed by atoms with Crippen LogP contribution in [0, 0.1) is 0 Å². The molecule has 8 nitrogen and oxygen atoms in total. The van der Waals surface area contributed by atoms with Gasteiger partial charge in [-0.25, -0.2) is 8.42 Å². The first-order valence-electron chi connectivity index (χ1n) is 10.7. The summed E-state index contributed by atoms with van der Waals surface area (Å²) < 4.78 is 31.3. The Kier molecular flexibility index (Phi) is 8.36. The van der Waals surface area contributed by atoms with E-state index in [4.69, 9.17) is 4.74 Å². The highest BCUT2D eigenvalue weighted by atomic mass is 32.2. The molecule has 1 aliphatic rings. The van der Waals surface area contributed by atoms with Crippen molar-refractivity contribution in [2.24, 2.45) is 0 Å². The van der Waals surface area contributed by atoms with Gasteiger partial charge in [0.1, 0.15) is 12.4 Å². The third kappa shape index (κ3) is 6.13. The Morgan fingerprint density at radius 3 is 2.66 bits per heavy atom. The van der Waals surface area contributed by atoms with E-state index in [-0.39, 0.29) is 35.8 Å². The molecule has 1 aliphatic heterocycles. The minimum absolute atomic E-state index is 0.0462. The van der Waals surface area contributed by atoms with Crippen LogP contribution in [0.4, 0.5) is 0 Å². The molecule has 1 fully saturated rings. The summed E-state index contributed by atoms with van der Waals surface area (Å²) in [4.78, 5) is 14.5. The second kappa shape index (κ2) is 11.0. The molecule has 3 rings (SSSR count). The number of aromatic nitrogens is 3. The van der Waals surface area contributed by atoms with Crippen molar-refractivity contribution >= 4 is 27.5 Å². The van der Waals surface area contributed by atoms with Crippen molar-refractivity contribution in [3.8, 4) is 5.75 Å². The van der Waals surface area contributed by atoms with Crippen LogP contribution in [0.15, 0.2) is 42.1 Å². The third-order valence-electron chi connectivity index (χ3n) is 5.44. The van der Waals surface area contributed by atoms with Crippen molar-refractivity contribution in [2.45, 2.75) is 51.0 Å². The third-order valence-corrected chi connectivity index (χ3v) is 8.14. The van der Waals surface area contributed by atoms with Crippen LogP contribution in [0.3, 0.4) is 0 Å². The van der Waals surface area contributed by atoms with Gasteiger partial charge in [-0.05, 0) is 37.5 Å². The minimum atomic E-state index is -3.05. The van der Waals surface area contributed by atoms with Gasteiger partial charge in [-0.1, -0.05) is 36.9 Å². The Balaban J connectivity index is 1.62. The zero-order valence-electron chi connectivity index (χ0n) is 18.6. The number of sulfone groups is 1. The number of hydrogen-bond acceptors (Lipinski definition) is 7. The second-order valence-electron chi connectivity index (χ2n) is 7.61. The molecule has 10 heteroatoms. The molecule has 174 valence electrons. The van der Waals surface area contributed by atoms with Crippen LogP contribution in [0.2, 0.25) is 0 Å². The van der Waals surface area contributed by atoms with Gasteiger partial charge in [0.2, 0.25) is 5.91 Å². The highest BCUT2D eigenvalue weighted by molar-refractivity contribution is 7.99. The minimum Gasteiger partial charge on any atom is -0.486 e. The molecule has 1 amide bonds. The molecule has 0 radical (unpaired) electrons. The number of thioether (sulfide) groups is 1. The fourth-order valence-electron chi connectivity index (χ4n) is 3.68. The van der Waals surface area contributed by atoms with Crippen molar-refractivity contribution in [3.05, 3.63) is 48.3 Å². The van der Waals surface area contributed by atoms with Gasteiger partial charge in [0.25, 0.3) is 0 Å². The lowest BCUT2D eigenvalue weighted by atomic mass is 10.2. The molecule has 0 spiro atoms. The number of nitrogens with zero attached hydrogens (tertiary/aromatic N) is 4. The summed E-state index contributed by atoms with van der Waals surface area (Å²) >= 11 is 1.29. The number of rotatable bonds is 11. The quantitative estimate of drug-likeness (QED) is 0.362. The number of amides is 1. The molecular weight excluding hydrogens is 448 g/mol. The Hall–Kier alpha value is -2.33. The number of hydrogen-bond donors (Lipinski definition) is 0. The molecule has 0 saturated carbocycles. The molecular formula is C22H30N4O4S2. The fraction of sp³-hybridized carbons (Fsp3) is 0.500. The summed E-state index contributed by atoms with van der Waals surface area (Å²) in [6.45, 7) is 9.00. The predicted octanol–water partition coefficient (Wildman–Crippen LogP) is 2.73. The molecule has 0 bridgehead atoms. The lowest BCUT2D eigenvalue weighted by molar-refractivity contribution is -0.129. The van der Waals surface area contributed by atoms with Crippen LogP contribution in [-0.4, -0.2) is 63.8 Å². The zero-order valence-corrected chi connectivity index (χ0v) is 20.2. The lowest BCUT2D eigenvalue weighted by Crippen LogP contribution is -2.42. The van der Waals surface area contributed by atoms with E-state index in [2.05, 4.69) is 23.7 Å². The molecule has 1 aromatic carbocycles. The molecule has 2 aromatic rings. The maximum Gasteiger partial charge on any atom is 0.233 e. The van der Waals surface area contributed by atoms with Crippen LogP contribution < -0.4 is 4.74 Å². The van der Waals surface area contributed by atoms with Gasteiger partial charge in [0.15, 0.2) is 20.8 Å². The highest BCUT2D eigenvalue weighted by Gasteiger charge is 2.33. The Bertz CT molecular complexity index is 1030. The summed E-state index contributed by atoms with van der Waals surface area (Å²) in [6.07, 6.45) is 3.22. The van der Waals surface area contributed by atoms with Crippen LogP contribution >= 0.6 is 11.8 Å². The Labute approximate surface area is 194 Å². The lowest BCUT2D eigenvalue weighted by Gasteiger charge is -2.26. The largest absolute Gasteiger partial charge is 0.486 e. The number of aryl methyl sites for hydroxylation is 1. The van der Waals surface area contributed by atoms with E-state index in [0.29, 0.717) is 30.5 Å². The van der Waals surface area contributed by atoms with Gasteiger partial charge >= 0.3 is 0 Å². The highest BCUT2D eigenvalue weighted by Crippen LogP contribution is 2.22. The van der Waals surface area contributed by atoms with E-state index in [1.165, 1.54) is 17.3 Å². The van der Waals surface area contributed by atoms with Crippen molar-refractivity contribution in [3.63, 3.8) is 0 Å². The summed E-state index contributed by atoms with van der Waals surface area (Å²) in [5, 5.41) is 9.08. The average Bonchev–Trinajstić information content (AvgIpc) is 3.34. The maximum atomic E-state index is 12.8. The van der Waals surface area contributed by atoms with Crippen LogP contribution in [-0.2, 0) is 34.2 Å². The Morgan fingerprint density at radius 2 is 2.06 bits per heavy atom. The van der Waals surface area contributed by atoms with Crippen molar-refractivity contribution in [2.75, 3.05) is 23.8 Å². The van der Waals surface area contributed by atoms with Crippen LogP contribution in [0.25, 0.3) is 0 Å². The van der Waals surface area contributed by atoms with E-state index in [9.17, 15) is 13.2 Å². The van der Waals surface area contributed by atoms with E-state index in [0.717, 1.165) is 12.2 Å². The maximum absolute atomic E-state index is 12.8. The molecule has 1 saturated heterocycles. The first-order valence-corrected chi connectivity index (χ1v) is 13.5. The number of allylic oxidation sites excluding steroid dienone is 1. The van der Waals surface area contributed by atoms with Gasteiger partial charge in [-0.15, -0.1) is 16.8 Å². The standard InChI is InChI=1S/C22H30N4O4S2/c1-4-12-26-20(14-30-19-9-7-17(5-2)8-10-19)23-24-22(26)31-15-21(27)25(6-3)18-11-13-32(28,29)16-18/h4,7-10,18H,1,5-6,11-16H2,2-3H3/t18-/m0/s1. The number of carbonyl (C=O) groups excluding carboxylic acids is 1. The molecule has 2 heterocycles. The van der Waals surface area contributed by atoms with Crippen LogP contribution in [0.1, 0.15) is 31.7 Å². The summed E-state index contributed by atoms with van der Waals surface area (Å²) in [5.74, 6) is 1.66. The molecule has 0 N–H and O–H groups in total. The topological polar surface area (TPSA) is 94.4 Å². The van der Waals surface area contributed by atoms with Crippen molar-refractivity contribution < 1.29 is 17.9 Å². The number of benzene rings is 1. The number of carbonyl (C=O) groups is 1. The average molecular weight is 479 g/mol. The summed E-state index contributed by atoms with van der Waals surface area (Å²) in [6, 6.07) is 7.69. The van der Waals surface area contributed by atoms with Gasteiger partial charge in [0.05, 0.1) is 17.3 Å². The van der Waals surface area contributed by atoms with E-state index in [1.54, 1.807) is 11.0 Å². The van der Waals surface area contributed by atoms with Gasteiger partial charge in [-0.3, -0.25) is 9.36 Å². The predicted molar refractivity (Wildman–Crippen MR) is 126 cm³/mol. The van der Waals surface area contributed by atoms with Crippen LogP contribution in [0.5, 0.6) is 5.75 Å². The van der Waals surface area contributed by atoms with Gasteiger partial charge < -0.3 is 9.64 Å². The monoisotopic (exact) mass is 478 g/mol. The second-order valence-corrected chi connectivity index (χ2v) is 10.8. The normalized spacial score (nSPS) is 17.2. The van der Waals surface area contributed by atoms with E-state index in [1.807, 2.05) is 35.8 Å². The smallest absolute Gasteiger partial charge is 0.233 e. The molecule has 1 atom stereocenters. The molecule has 0 aliphatic carbocycles. The van der Waals surface area contributed by atoms with E-state index >= 15 is 0 Å². The Morgan fingerprint density at radius 1 is 1.31 bits per heavy atom. The first kappa shape index (κ1) is 24.3. The molecule has 32 heavy (non-hydrogen) atoms. The molecule has 0 unspecified atom stereocenters. The zero-order chi connectivity index (χ0) is 23.1. The van der Waals surface area contributed by atoms with Crippen molar-refractivity contribution in [1.29, 1.82) is 0 Å². The number of ether oxygens (including phenoxy) is 1.